The van der Waals surface area contributed by atoms with Crippen LogP contribution in [0.3, 0.4) is 0 Å². The average Bonchev–Trinajstić information content (AvgIpc) is 3.59. The minimum absolute atomic E-state index is 0.186. The topological polar surface area (TPSA) is 99.2 Å². The van der Waals surface area contributed by atoms with E-state index in [0.29, 0.717) is 45.4 Å². The lowest BCUT2D eigenvalue weighted by molar-refractivity contribution is -0.134. The predicted molar refractivity (Wildman–Crippen MR) is 146 cm³/mol. The van der Waals surface area contributed by atoms with E-state index in [-0.39, 0.29) is 12.5 Å². The summed E-state index contributed by atoms with van der Waals surface area (Å²) in [5, 5.41) is 16.3. The number of alkyl carbamates (subject to hydrolysis) is 1. The molecule has 0 bridgehead atoms. The third kappa shape index (κ3) is 9.55. The number of hydrogen-bond acceptors (Lipinski definition) is 6. The fourth-order valence-electron chi connectivity index (χ4n) is 3.88. The molecule has 0 saturated heterocycles. The number of benzene rings is 1. The number of thiophene rings is 2. The van der Waals surface area contributed by atoms with Gasteiger partial charge in [-0.25, -0.2) is 9.59 Å². The van der Waals surface area contributed by atoms with Crippen molar-refractivity contribution in [1.82, 2.24) is 15.1 Å². The van der Waals surface area contributed by atoms with Crippen molar-refractivity contribution in [1.29, 1.82) is 0 Å². The standard InChI is InChI=1S/C27H33N3O5S2/c1-2-35-26(32)28-24(14-6-7-15-29(27(33)34)18-21-10-4-3-5-11-21)25(31)30(19-22-12-8-16-36-22)20-23-13-9-17-37-23/h3-5,8-13,16-17,24H,2,6-7,14-15,18-20H2,1H3,(H,28,32)(H,33,34)/t24-/m0/s1. The summed E-state index contributed by atoms with van der Waals surface area (Å²) in [5.74, 6) is -0.186. The second-order valence-corrected chi connectivity index (χ2v) is 10.5. The van der Waals surface area contributed by atoms with Crippen molar-refractivity contribution in [2.24, 2.45) is 0 Å². The number of amides is 3. The molecule has 0 unspecified atom stereocenters. The molecule has 3 amide bonds. The van der Waals surface area contributed by atoms with Gasteiger partial charge in [0, 0.05) is 22.8 Å². The van der Waals surface area contributed by atoms with Crippen LogP contribution in [0.4, 0.5) is 9.59 Å². The zero-order valence-corrected chi connectivity index (χ0v) is 22.5. The van der Waals surface area contributed by atoms with Gasteiger partial charge in [0.1, 0.15) is 6.04 Å². The molecule has 0 saturated carbocycles. The third-order valence-corrected chi connectivity index (χ3v) is 7.41. The molecule has 37 heavy (non-hydrogen) atoms. The Morgan fingerprint density at radius 2 is 1.54 bits per heavy atom. The van der Waals surface area contributed by atoms with Crippen LogP contribution in [-0.2, 0) is 29.2 Å². The van der Waals surface area contributed by atoms with E-state index in [2.05, 4.69) is 5.32 Å². The van der Waals surface area contributed by atoms with Crippen molar-refractivity contribution in [2.45, 2.75) is 51.9 Å². The lowest BCUT2D eigenvalue weighted by atomic mass is 10.1. The van der Waals surface area contributed by atoms with Gasteiger partial charge >= 0.3 is 12.2 Å². The van der Waals surface area contributed by atoms with Crippen molar-refractivity contribution in [3.05, 3.63) is 80.7 Å². The van der Waals surface area contributed by atoms with Crippen LogP contribution in [0, 0.1) is 0 Å². The number of carboxylic acid groups (broad SMARTS) is 1. The van der Waals surface area contributed by atoms with E-state index in [4.69, 9.17) is 4.74 Å². The molecule has 2 N–H and O–H groups in total. The maximum absolute atomic E-state index is 13.7. The second kappa shape index (κ2) is 15.0. The summed E-state index contributed by atoms with van der Waals surface area (Å²) in [4.78, 5) is 42.9. The van der Waals surface area contributed by atoms with Gasteiger partial charge in [-0.1, -0.05) is 42.5 Å². The molecule has 0 spiro atoms. The van der Waals surface area contributed by atoms with Crippen LogP contribution in [0.1, 0.15) is 41.5 Å². The highest BCUT2D eigenvalue weighted by atomic mass is 32.1. The third-order valence-electron chi connectivity index (χ3n) is 5.69. The molecule has 3 aromatic rings. The van der Waals surface area contributed by atoms with E-state index in [0.717, 1.165) is 15.3 Å². The number of unbranched alkanes of at least 4 members (excludes halogenated alkanes) is 1. The van der Waals surface area contributed by atoms with Gasteiger partial charge < -0.3 is 25.0 Å². The second-order valence-electron chi connectivity index (χ2n) is 8.46. The molecule has 1 aromatic carbocycles. The first-order valence-corrected chi connectivity index (χ1v) is 14.0. The molecule has 3 rings (SSSR count). The summed E-state index contributed by atoms with van der Waals surface area (Å²) >= 11 is 3.16. The van der Waals surface area contributed by atoms with Crippen LogP contribution in [0.25, 0.3) is 0 Å². The highest BCUT2D eigenvalue weighted by Crippen LogP contribution is 2.19. The van der Waals surface area contributed by atoms with Gasteiger partial charge in [-0.15, -0.1) is 22.7 Å². The fourth-order valence-corrected chi connectivity index (χ4v) is 5.32. The Bertz CT molecular complexity index is 1050. The molecule has 0 fully saturated rings. The Balaban J connectivity index is 1.64. The Kier molecular flexibility index (Phi) is 11.4. The first kappa shape index (κ1) is 28.2. The van der Waals surface area contributed by atoms with Crippen LogP contribution < -0.4 is 5.32 Å². The van der Waals surface area contributed by atoms with Crippen LogP contribution in [-0.4, -0.2) is 52.2 Å². The van der Waals surface area contributed by atoms with E-state index < -0.39 is 18.2 Å². The number of nitrogens with one attached hydrogen (secondary N) is 1. The van der Waals surface area contributed by atoms with Crippen LogP contribution in [0.5, 0.6) is 0 Å². The Morgan fingerprint density at radius 3 is 2.08 bits per heavy atom. The molecule has 2 heterocycles. The number of carbonyl (C=O) groups excluding carboxylic acids is 2. The minimum Gasteiger partial charge on any atom is -0.465 e. The number of ether oxygens (including phenoxy) is 1. The molecule has 10 heteroatoms. The largest absolute Gasteiger partial charge is 0.465 e. The van der Waals surface area contributed by atoms with Crippen molar-refractivity contribution >= 4 is 40.8 Å². The zero-order valence-electron chi connectivity index (χ0n) is 20.9. The van der Waals surface area contributed by atoms with Gasteiger partial charge in [-0.05, 0) is 54.6 Å². The number of rotatable bonds is 14. The Morgan fingerprint density at radius 1 is 0.892 bits per heavy atom. The normalized spacial score (nSPS) is 11.5. The number of nitrogens with zero attached hydrogens (tertiary/aromatic N) is 2. The molecule has 1 atom stereocenters. The molecule has 198 valence electrons. The highest BCUT2D eigenvalue weighted by molar-refractivity contribution is 7.10. The van der Waals surface area contributed by atoms with Gasteiger partial charge in [0.15, 0.2) is 0 Å². The fraction of sp³-hybridized carbons (Fsp3) is 0.370. The first-order chi connectivity index (χ1) is 18.0. The van der Waals surface area contributed by atoms with Gasteiger partial charge in [0.05, 0.1) is 19.7 Å². The number of carbonyl (C=O) groups is 3. The van der Waals surface area contributed by atoms with E-state index in [1.807, 2.05) is 65.4 Å². The monoisotopic (exact) mass is 543 g/mol. The van der Waals surface area contributed by atoms with Gasteiger partial charge in [0.25, 0.3) is 0 Å². The molecular formula is C27H33N3O5S2. The predicted octanol–water partition coefficient (Wildman–Crippen LogP) is 5.80. The maximum atomic E-state index is 13.7. The summed E-state index contributed by atoms with van der Waals surface area (Å²) in [7, 11) is 0. The molecule has 0 radical (unpaired) electrons. The summed E-state index contributed by atoms with van der Waals surface area (Å²) in [6.45, 7) is 3.43. The van der Waals surface area contributed by atoms with Crippen LogP contribution in [0.2, 0.25) is 0 Å². The van der Waals surface area contributed by atoms with Crippen LogP contribution >= 0.6 is 22.7 Å². The van der Waals surface area contributed by atoms with Gasteiger partial charge in [-0.2, -0.15) is 0 Å². The Hall–Kier alpha value is -3.37. The van der Waals surface area contributed by atoms with Crippen molar-refractivity contribution in [3.8, 4) is 0 Å². The molecule has 8 nitrogen and oxygen atoms in total. The Labute approximate surface area is 225 Å². The van der Waals surface area contributed by atoms with Gasteiger partial charge in [0.2, 0.25) is 5.91 Å². The van der Waals surface area contributed by atoms with E-state index in [9.17, 15) is 19.5 Å². The van der Waals surface area contributed by atoms with E-state index in [1.165, 1.54) is 4.90 Å². The van der Waals surface area contributed by atoms with Crippen molar-refractivity contribution < 1.29 is 24.2 Å². The SMILES string of the molecule is CCOC(=O)N[C@@H](CCCCN(Cc1ccccc1)C(=O)O)C(=O)N(Cc1cccs1)Cc1cccs1. The molecule has 0 aliphatic heterocycles. The molecule has 2 aromatic heterocycles. The minimum atomic E-state index is -0.987. The first-order valence-electron chi connectivity index (χ1n) is 12.2. The summed E-state index contributed by atoms with van der Waals surface area (Å²) in [6.07, 6.45) is -0.123. The van der Waals surface area contributed by atoms with Crippen LogP contribution in [0.15, 0.2) is 65.4 Å². The zero-order chi connectivity index (χ0) is 26.5. The van der Waals surface area contributed by atoms with E-state index in [1.54, 1.807) is 34.5 Å². The summed E-state index contributed by atoms with van der Waals surface area (Å²) < 4.78 is 5.05. The summed E-state index contributed by atoms with van der Waals surface area (Å²) in [6, 6.07) is 16.5. The smallest absolute Gasteiger partial charge is 0.407 e. The molecular weight excluding hydrogens is 510 g/mol. The quantitative estimate of drug-likeness (QED) is 0.250. The van der Waals surface area contributed by atoms with Crippen molar-refractivity contribution in [2.75, 3.05) is 13.2 Å². The lowest BCUT2D eigenvalue weighted by Crippen LogP contribution is -2.48. The highest BCUT2D eigenvalue weighted by Gasteiger charge is 2.27. The maximum Gasteiger partial charge on any atom is 0.407 e. The summed E-state index contributed by atoms with van der Waals surface area (Å²) in [5.41, 5.74) is 0.916. The lowest BCUT2D eigenvalue weighted by Gasteiger charge is -2.27. The molecule has 0 aliphatic carbocycles. The van der Waals surface area contributed by atoms with E-state index >= 15 is 0 Å². The van der Waals surface area contributed by atoms with Crippen molar-refractivity contribution in [3.63, 3.8) is 0 Å². The van der Waals surface area contributed by atoms with Gasteiger partial charge in [-0.3, -0.25) is 4.79 Å². The average molecular weight is 544 g/mol. The molecule has 0 aliphatic rings. The number of hydrogen-bond donors (Lipinski definition) is 2.